The molecular weight excluding hydrogens is 415 g/mol. The zero-order valence-electron chi connectivity index (χ0n) is 16.2. The summed E-state index contributed by atoms with van der Waals surface area (Å²) >= 11 is 0. The summed E-state index contributed by atoms with van der Waals surface area (Å²) in [6, 6.07) is 8.30. The molecule has 1 aromatic heterocycles. The summed E-state index contributed by atoms with van der Waals surface area (Å²) in [6.07, 6.45) is 1.20. The Morgan fingerprint density at radius 2 is 1.47 bits per heavy atom. The van der Waals surface area contributed by atoms with Gasteiger partial charge in [-0.05, 0) is 40.5 Å². The summed E-state index contributed by atoms with van der Waals surface area (Å²) in [5.41, 5.74) is 0.607. The Kier molecular flexibility index (Phi) is 5.73. The van der Waals surface area contributed by atoms with Gasteiger partial charge in [0, 0.05) is 19.0 Å². The van der Waals surface area contributed by atoms with Gasteiger partial charge >= 0.3 is 11.9 Å². The molecule has 10 heteroatoms. The van der Waals surface area contributed by atoms with Crippen LogP contribution in [0.1, 0.15) is 24.0 Å². The number of carbonyl (C=O) groups is 2. The zero-order valence-corrected chi connectivity index (χ0v) is 17.0. The molecule has 0 bridgehead atoms. The largest absolute Gasteiger partial charge is 0.468 e. The fourth-order valence-corrected chi connectivity index (χ4v) is 4.03. The van der Waals surface area contributed by atoms with Gasteiger partial charge in [-0.2, -0.15) is 0 Å². The van der Waals surface area contributed by atoms with Crippen LogP contribution in [0.15, 0.2) is 47.6 Å². The number of carbonyl (C=O) groups excluding carboxylic acids is 2. The van der Waals surface area contributed by atoms with Crippen molar-refractivity contribution >= 4 is 33.1 Å². The fourth-order valence-electron chi connectivity index (χ4n) is 3.57. The second-order valence-corrected chi connectivity index (χ2v) is 8.32. The maximum Gasteiger partial charge on any atom is 0.323 e. The van der Waals surface area contributed by atoms with E-state index in [9.17, 15) is 22.4 Å². The van der Waals surface area contributed by atoms with Gasteiger partial charge in [0.15, 0.2) is 10.4 Å². The second kappa shape index (κ2) is 7.96. The molecule has 1 heterocycles. The van der Waals surface area contributed by atoms with Gasteiger partial charge in [0.05, 0.1) is 14.2 Å². The van der Waals surface area contributed by atoms with E-state index in [1.807, 2.05) is 0 Å². The van der Waals surface area contributed by atoms with Crippen LogP contribution in [-0.2, 0) is 29.1 Å². The van der Waals surface area contributed by atoms with Crippen LogP contribution < -0.4 is 5.14 Å². The number of benzene rings is 1. The highest BCUT2D eigenvalue weighted by Crippen LogP contribution is 2.51. The Morgan fingerprint density at radius 3 is 1.90 bits per heavy atom. The van der Waals surface area contributed by atoms with Gasteiger partial charge in [0.2, 0.25) is 0 Å². The van der Waals surface area contributed by atoms with Crippen LogP contribution in [0.25, 0.3) is 11.1 Å². The first-order chi connectivity index (χ1) is 14.1. The molecule has 3 rings (SSSR count). The van der Waals surface area contributed by atoms with E-state index in [1.165, 1.54) is 56.8 Å². The quantitative estimate of drug-likeness (QED) is 0.563. The molecule has 0 saturated heterocycles. The number of methoxy groups -OCH3 is 2. The summed E-state index contributed by atoms with van der Waals surface area (Å²) in [6.45, 7) is 0. The molecule has 1 aliphatic rings. The lowest BCUT2D eigenvalue weighted by Crippen LogP contribution is -2.39. The highest BCUT2D eigenvalue weighted by atomic mass is 32.2. The number of nitrogens with two attached hydrogens (primary N) is 1. The third-order valence-corrected chi connectivity index (χ3v) is 5.87. The Bertz CT molecular complexity index is 1110. The van der Waals surface area contributed by atoms with E-state index in [0.29, 0.717) is 22.3 Å². The topological polar surface area (TPSA) is 126 Å². The normalized spacial score (nSPS) is 15.7. The van der Waals surface area contributed by atoms with Gasteiger partial charge in [-0.1, -0.05) is 18.2 Å². The van der Waals surface area contributed by atoms with Crippen molar-refractivity contribution in [3.05, 3.63) is 59.5 Å². The predicted octanol–water partition coefficient (Wildman–Crippen LogP) is 1.91. The lowest BCUT2D eigenvalue weighted by atomic mass is 9.82. The van der Waals surface area contributed by atoms with E-state index >= 15 is 0 Å². The van der Waals surface area contributed by atoms with Gasteiger partial charge < -0.3 is 9.47 Å². The average Bonchev–Trinajstić information content (AvgIpc) is 3.14. The first-order valence-corrected chi connectivity index (χ1v) is 10.3. The zero-order chi connectivity index (χ0) is 22.1. The van der Waals surface area contributed by atoms with E-state index < -0.39 is 33.2 Å². The number of ether oxygens (including phenoxy) is 2. The van der Waals surface area contributed by atoms with Crippen LogP contribution >= 0.6 is 0 Å². The summed E-state index contributed by atoms with van der Waals surface area (Å²) in [7, 11) is -1.64. The number of sulfonamides is 1. The third kappa shape index (κ3) is 3.83. The molecule has 0 saturated carbocycles. The minimum Gasteiger partial charge on any atom is -0.468 e. The molecule has 0 radical (unpaired) electrons. The van der Waals surface area contributed by atoms with Crippen molar-refractivity contribution in [2.75, 3.05) is 14.2 Å². The van der Waals surface area contributed by atoms with Gasteiger partial charge in [0.25, 0.3) is 10.0 Å². The molecule has 2 N–H and O–H groups in total. The molecule has 1 aromatic carbocycles. The van der Waals surface area contributed by atoms with Gasteiger partial charge in [0.1, 0.15) is 5.82 Å². The number of rotatable bonds is 5. The average molecular weight is 434 g/mol. The van der Waals surface area contributed by atoms with Crippen molar-refractivity contribution in [2.45, 2.75) is 17.9 Å². The lowest BCUT2D eigenvalue weighted by Gasteiger charge is -2.23. The molecule has 0 amide bonds. The smallest absolute Gasteiger partial charge is 0.323 e. The molecular formula is C20H19FN2O6S. The van der Waals surface area contributed by atoms with Gasteiger partial charge in [-0.15, -0.1) is 0 Å². The minimum atomic E-state index is -3.99. The van der Waals surface area contributed by atoms with E-state index in [4.69, 9.17) is 14.6 Å². The number of esters is 2. The molecule has 0 aliphatic heterocycles. The van der Waals surface area contributed by atoms with Crippen molar-refractivity contribution < 1.29 is 31.9 Å². The number of hydrogen-bond donors (Lipinski definition) is 1. The van der Waals surface area contributed by atoms with Gasteiger partial charge in [-0.3, -0.25) is 9.59 Å². The van der Waals surface area contributed by atoms with Crippen LogP contribution in [0.5, 0.6) is 0 Å². The number of primary sulfonamides is 1. The first-order valence-electron chi connectivity index (χ1n) is 8.76. The van der Waals surface area contributed by atoms with Crippen molar-refractivity contribution in [1.82, 2.24) is 4.98 Å². The van der Waals surface area contributed by atoms with Crippen LogP contribution in [-0.4, -0.2) is 39.6 Å². The molecule has 0 unspecified atom stereocenters. The summed E-state index contributed by atoms with van der Waals surface area (Å²) in [5, 5.41) is 4.77. The first kappa shape index (κ1) is 21.6. The third-order valence-electron chi connectivity index (χ3n) is 5.04. The molecule has 30 heavy (non-hydrogen) atoms. The summed E-state index contributed by atoms with van der Waals surface area (Å²) in [5.74, 6) is -1.97. The Balaban J connectivity index is 2.17. The number of nitrogens with zero attached hydrogens (tertiary/aromatic N) is 1. The highest BCUT2D eigenvalue weighted by Gasteiger charge is 2.53. The number of hydrogen-bond acceptors (Lipinski definition) is 7. The van der Waals surface area contributed by atoms with E-state index in [2.05, 4.69) is 4.98 Å². The van der Waals surface area contributed by atoms with Crippen molar-refractivity contribution in [3.63, 3.8) is 0 Å². The van der Waals surface area contributed by atoms with E-state index in [-0.39, 0.29) is 17.9 Å². The maximum atomic E-state index is 13.4. The van der Waals surface area contributed by atoms with Gasteiger partial charge in [-0.25, -0.2) is 22.9 Å². The lowest BCUT2D eigenvalue weighted by molar-refractivity contribution is -0.167. The molecule has 0 fully saturated rings. The summed E-state index contributed by atoms with van der Waals surface area (Å²) < 4.78 is 46.1. The van der Waals surface area contributed by atoms with Crippen LogP contribution in [0.2, 0.25) is 0 Å². The number of halogens is 1. The number of allylic oxidation sites excluding steroid dienone is 2. The Morgan fingerprint density at radius 1 is 0.967 bits per heavy atom. The molecule has 0 spiro atoms. The molecule has 0 atom stereocenters. The Hall–Kier alpha value is -3.11. The molecule has 1 aliphatic carbocycles. The monoisotopic (exact) mass is 434 g/mol. The number of aromatic nitrogens is 1. The SMILES string of the molecule is COC(=O)C1(C(=O)OC)CC(c2ccc(F)cc2)=C(c2ccc(S(N)(=O)=O)nc2)C1. The molecule has 158 valence electrons. The fraction of sp³-hybridized carbons (Fsp3) is 0.250. The van der Waals surface area contributed by atoms with E-state index in [0.717, 1.165) is 0 Å². The second-order valence-electron chi connectivity index (χ2n) is 6.81. The highest BCUT2D eigenvalue weighted by molar-refractivity contribution is 7.89. The minimum absolute atomic E-state index is 0.0374. The van der Waals surface area contributed by atoms with Crippen molar-refractivity contribution in [1.29, 1.82) is 0 Å². The molecule has 8 nitrogen and oxygen atoms in total. The summed E-state index contributed by atoms with van der Waals surface area (Å²) in [4.78, 5) is 29.1. The molecule has 2 aromatic rings. The van der Waals surface area contributed by atoms with Crippen molar-refractivity contribution in [2.24, 2.45) is 10.6 Å². The van der Waals surface area contributed by atoms with Crippen LogP contribution in [0, 0.1) is 11.2 Å². The predicted molar refractivity (Wildman–Crippen MR) is 105 cm³/mol. The maximum absolute atomic E-state index is 13.4. The van der Waals surface area contributed by atoms with Crippen LogP contribution in [0.4, 0.5) is 4.39 Å². The Labute approximate surface area is 172 Å². The van der Waals surface area contributed by atoms with E-state index in [1.54, 1.807) is 0 Å². The number of pyridine rings is 1. The van der Waals surface area contributed by atoms with Crippen LogP contribution in [0.3, 0.4) is 0 Å². The van der Waals surface area contributed by atoms with Crippen molar-refractivity contribution in [3.8, 4) is 0 Å². The standard InChI is InChI=1S/C20H19FN2O6S/c1-28-18(24)20(19(25)29-2)9-15(12-3-6-14(21)7-4-12)16(10-20)13-5-8-17(23-11-13)30(22,26)27/h3-8,11H,9-10H2,1-2H3,(H2,22,26,27).